The number of hydrogen-bond acceptors (Lipinski definition) is 5. The van der Waals surface area contributed by atoms with Crippen molar-refractivity contribution in [1.29, 1.82) is 0 Å². The Morgan fingerprint density at radius 2 is 1.77 bits per heavy atom. The summed E-state index contributed by atoms with van der Waals surface area (Å²) < 4.78 is 16.0. The third-order valence-electron chi connectivity index (χ3n) is 5.02. The fourth-order valence-corrected chi connectivity index (χ4v) is 3.49. The van der Waals surface area contributed by atoms with E-state index < -0.39 is 12.0 Å². The lowest BCUT2D eigenvalue weighted by atomic mass is 9.94. The van der Waals surface area contributed by atoms with E-state index in [1.165, 1.54) is 7.11 Å². The molecule has 3 rings (SSSR count). The van der Waals surface area contributed by atoms with Crippen molar-refractivity contribution in [3.8, 4) is 11.5 Å². The van der Waals surface area contributed by atoms with Crippen LogP contribution in [0, 0.1) is 0 Å². The summed E-state index contributed by atoms with van der Waals surface area (Å²) in [5.74, 6) is 0.608. The molecule has 0 fully saturated rings. The molecule has 0 bridgehead atoms. The quantitative estimate of drug-likeness (QED) is 0.703. The first-order chi connectivity index (χ1) is 14.5. The fraction of sp³-hybridized carbons (Fsp3) is 0.304. The van der Waals surface area contributed by atoms with Crippen LogP contribution in [0.25, 0.3) is 0 Å². The van der Waals surface area contributed by atoms with Crippen LogP contribution >= 0.6 is 0 Å². The maximum absolute atomic E-state index is 13.0. The number of rotatable bonds is 7. The molecule has 0 saturated heterocycles. The van der Waals surface area contributed by atoms with E-state index in [1.54, 1.807) is 44.1 Å². The van der Waals surface area contributed by atoms with Gasteiger partial charge in [-0.25, -0.2) is 9.59 Å². The molecule has 1 N–H and O–H groups in total. The van der Waals surface area contributed by atoms with Crippen molar-refractivity contribution in [2.24, 2.45) is 0 Å². The van der Waals surface area contributed by atoms with Crippen molar-refractivity contribution in [2.75, 3.05) is 20.8 Å². The highest BCUT2D eigenvalue weighted by Gasteiger charge is 2.36. The third-order valence-corrected chi connectivity index (χ3v) is 5.02. The Morgan fingerprint density at radius 1 is 1.07 bits per heavy atom. The number of nitrogens with zero attached hydrogens (tertiary/aromatic N) is 1. The summed E-state index contributed by atoms with van der Waals surface area (Å²) in [7, 11) is 3.09. The van der Waals surface area contributed by atoms with E-state index in [1.807, 2.05) is 30.3 Å². The Bertz CT molecular complexity index is 955. The van der Waals surface area contributed by atoms with Gasteiger partial charge in [0.1, 0.15) is 0 Å². The van der Waals surface area contributed by atoms with E-state index in [0.717, 1.165) is 5.56 Å². The molecule has 7 nitrogen and oxygen atoms in total. The minimum absolute atomic E-state index is 0.237. The normalized spacial score (nSPS) is 16.2. The summed E-state index contributed by atoms with van der Waals surface area (Å²) in [4.78, 5) is 27.4. The lowest BCUT2D eigenvalue weighted by Crippen LogP contribution is -2.47. The van der Waals surface area contributed by atoms with Crippen molar-refractivity contribution < 1.29 is 23.8 Å². The molecule has 30 heavy (non-hydrogen) atoms. The van der Waals surface area contributed by atoms with Crippen LogP contribution in [0.1, 0.15) is 31.0 Å². The first kappa shape index (κ1) is 21.2. The Kier molecular flexibility index (Phi) is 6.61. The van der Waals surface area contributed by atoms with Crippen LogP contribution in [0.3, 0.4) is 0 Å². The van der Waals surface area contributed by atoms with Gasteiger partial charge >= 0.3 is 12.0 Å². The zero-order valence-corrected chi connectivity index (χ0v) is 17.6. The van der Waals surface area contributed by atoms with E-state index in [4.69, 9.17) is 14.2 Å². The lowest BCUT2D eigenvalue weighted by Gasteiger charge is -2.35. The Balaban J connectivity index is 2.05. The summed E-state index contributed by atoms with van der Waals surface area (Å²) >= 11 is 0. The molecule has 0 unspecified atom stereocenters. The Morgan fingerprint density at radius 3 is 2.40 bits per heavy atom. The molecule has 2 aromatic rings. The number of urea groups is 1. The zero-order valence-electron chi connectivity index (χ0n) is 17.6. The van der Waals surface area contributed by atoms with Gasteiger partial charge in [-0.3, -0.25) is 4.90 Å². The van der Waals surface area contributed by atoms with Crippen LogP contribution in [-0.2, 0) is 16.1 Å². The SMILES string of the molecule is CCOC(=O)C1=C(C)N(Cc2ccccc2)C(=O)N[C@H]1c1ccc(OC)c(OC)c1. The molecule has 0 aromatic heterocycles. The van der Waals surface area contributed by atoms with Crippen LogP contribution in [0.4, 0.5) is 4.79 Å². The van der Waals surface area contributed by atoms with E-state index in [9.17, 15) is 9.59 Å². The molecule has 0 spiro atoms. The topological polar surface area (TPSA) is 77.1 Å². The molecule has 1 aliphatic rings. The van der Waals surface area contributed by atoms with E-state index in [0.29, 0.717) is 34.9 Å². The standard InChI is InChI=1S/C23H26N2O5/c1-5-30-22(26)20-15(2)25(14-16-9-7-6-8-10-16)23(27)24-21(20)17-11-12-18(28-3)19(13-17)29-4/h6-13,21H,5,14H2,1-4H3,(H,24,27)/t21-/m0/s1. The van der Waals surface area contributed by atoms with Gasteiger partial charge in [-0.15, -0.1) is 0 Å². The van der Waals surface area contributed by atoms with Crippen LogP contribution in [0.15, 0.2) is 59.8 Å². The van der Waals surface area contributed by atoms with Crippen molar-refractivity contribution in [3.05, 3.63) is 70.9 Å². The smallest absolute Gasteiger partial charge is 0.338 e. The van der Waals surface area contributed by atoms with Crippen molar-refractivity contribution in [3.63, 3.8) is 0 Å². The summed E-state index contributed by atoms with van der Waals surface area (Å²) in [6.45, 7) is 4.10. The van der Waals surface area contributed by atoms with Gasteiger partial charge in [-0.2, -0.15) is 0 Å². The molecular formula is C23H26N2O5. The van der Waals surface area contributed by atoms with Crippen LogP contribution < -0.4 is 14.8 Å². The number of amides is 2. The molecular weight excluding hydrogens is 384 g/mol. The Hall–Kier alpha value is -3.48. The predicted molar refractivity (Wildman–Crippen MR) is 112 cm³/mol. The summed E-state index contributed by atoms with van der Waals surface area (Å²) in [6.07, 6.45) is 0. The lowest BCUT2D eigenvalue weighted by molar-refractivity contribution is -0.139. The Labute approximate surface area is 176 Å². The summed E-state index contributed by atoms with van der Waals surface area (Å²) in [5.41, 5.74) is 2.60. The minimum atomic E-state index is -0.664. The van der Waals surface area contributed by atoms with Gasteiger partial charge < -0.3 is 19.5 Å². The second-order valence-corrected chi connectivity index (χ2v) is 6.79. The minimum Gasteiger partial charge on any atom is -0.493 e. The number of esters is 1. The van der Waals surface area contributed by atoms with E-state index in [2.05, 4.69) is 5.32 Å². The number of allylic oxidation sites excluding steroid dienone is 1. The van der Waals surface area contributed by atoms with Crippen molar-refractivity contribution >= 4 is 12.0 Å². The average molecular weight is 410 g/mol. The van der Waals surface area contributed by atoms with Crippen LogP contribution in [0.2, 0.25) is 0 Å². The number of nitrogens with one attached hydrogen (secondary N) is 1. The average Bonchev–Trinajstić information content (AvgIpc) is 2.76. The molecule has 0 aliphatic carbocycles. The highest BCUT2D eigenvalue weighted by molar-refractivity contribution is 5.95. The van der Waals surface area contributed by atoms with Crippen molar-refractivity contribution in [2.45, 2.75) is 26.4 Å². The van der Waals surface area contributed by atoms with Gasteiger partial charge in [0.25, 0.3) is 0 Å². The van der Waals surface area contributed by atoms with Gasteiger partial charge in [-0.1, -0.05) is 36.4 Å². The fourth-order valence-electron chi connectivity index (χ4n) is 3.49. The van der Waals surface area contributed by atoms with E-state index >= 15 is 0 Å². The summed E-state index contributed by atoms with van der Waals surface area (Å²) in [5, 5.41) is 2.94. The first-order valence-corrected chi connectivity index (χ1v) is 9.71. The highest BCUT2D eigenvalue weighted by atomic mass is 16.5. The number of carbonyl (C=O) groups is 2. The van der Waals surface area contributed by atoms with Gasteiger partial charge in [-0.05, 0) is 37.1 Å². The van der Waals surface area contributed by atoms with Gasteiger partial charge in [0, 0.05) is 5.70 Å². The highest BCUT2D eigenvalue weighted by Crippen LogP contribution is 2.36. The molecule has 2 amide bonds. The van der Waals surface area contributed by atoms with Gasteiger partial charge in [0.05, 0.1) is 39.0 Å². The zero-order chi connectivity index (χ0) is 21.7. The second kappa shape index (κ2) is 9.35. The maximum atomic E-state index is 13.0. The van der Waals surface area contributed by atoms with Crippen LogP contribution in [-0.4, -0.2) is 37.7 Å². The number of ether oxygens (including phenoxy) is 3. The molecule has 2 aromatic carbocycles. The maximum Gasteiger partial charge on any atom is 0.338 e. The van der Waals surface area contributed by atoms with E-state index in [-0.39, 0.29) is 12.6 Å². The van der Waals surface area contributed by atoms with Crippen molar-refractivity contribution in [1.82, 2.24) is 10.2 Å². The second-order valence-electron chi connectivity index (χ2n) is 6.79. The number of methoxy groups -OCH3 is 2. The first-order valence-electron chi connectivity index (χ1n) is 9.71. The number of benzene rings is 2. The number of carbonyl (C=O) groups excluding carboxylic acids is 2. The molecule has 0 saturated carbocycles. The molecule has 7 heteroatoms. The molecule has 1 atom stereocenters. The monoisotopic (exact) mass is 410 g/mol. The number of hydrogen-bond donors (Lipinski definition) is 1. The summed E-state index contributed by atoms with van der Waals surface area (Å²) in [6, 6.07) is 14.0. The molecule has 1 aliphatic heterocycles. The van der Waals surface area contributed by atoms with Crippen LogP contribution in [0.5, 0.6) is 11.5 Å². The van der Waals surface area contributed by atoms with Gasteiger partial charge in [0.15, 0.2) is 11.5 Å². The molecule has 0 radical (unpaired) electrons. The molecule has 158 valence electrons. The van der Waals surface area contributed by atoms with Gasteiger partial charge in [0.2, 0.25) is 0 Å². The molecule has 1 heterocycles. The third kappa shape index (κ3) is 4.25. The predicted octanol–water partition coefficient (Wildman–Crippen LogP) is 3.81. The largest absolute Gasteiger partial charge is 0.493 e.